The number of amides is 1. The zero-order valence-electron chi connectivity index (χ0n) is 17.3. The van der Waals surface area contributed by atoms with Gasteiger partial charge in [0.2, 0.25) is 15.9 Å². The first-order chi connectivity index (χ1) is 14.8. The summed E-state index contributed by atoms with van der Waals surface area (Å²) in [5.74, 6) is 0.384. The van der Waals surface area contributed by atoms with Crippen LogP contribution < -0.4 is 14.8 Å². The zero-order valence-corrected chi connectivity index (χ0v) is 18.2. The van der Waals surface area contributed by atoms with Crippen LogP contribution in [0.2, 0.25) is 0 Å². The standard InChI is InChI=1S/C23H24N2O5S/c1-16(26)18-6-9-22(10-7-18)31(28,29)25-12-11-23(27)24-15-17-3-4-20-14-21(30-2)8-5-19(20)13-17/h3-10,13-14,25H,11-12,15H2,1-2H3,(H,24,27). The monoisotopic (exact) mass is 440 g/mol. The van der Waals surface area contributed by atoms with E-state index in [0.29, 0.717) is 12.1 Å². The van der Waals surface area contributed by atoms with E-state index >= 15 is 0 Å². The lowest BCUT2D eigenvalue weighted by Gasteiger charge is -2.09. The van der Waals surface area contributed by atoms with E-state index in [1.54, 1.807) is 7.11 Å². The highest BCUT2D eigenvalue weighted by Crippen LogP contribution is 2.21. The molecule has 0 aliphatic rings. The van der Waals surface area contributed by atoms with E-state index in [0.717, 1.165) is 22.1 Å². The van der Waals surface area contributed by atoms with Crippen molar-refractivity contribution in [1.82, 2.24) is 10.0 Å². The van der Waals surface area contributed by atoms with Crippen LogP contribution in [-0.4, -0.2) is 33.8 Å². The smallest absolute Gasteiger partial charge is 0.240 e. The van der Waals surface area contributed by atoms with Gasteiger partial charge in [-0.05, 0) is 53.6 Å². The first kappa shape index (κ1) is 22.5. The zero-order chi connectivity index (χ0) is 22.4. The van der Waals surface area contributed by atoms with Crippen LogP contribution in [0.1, 0.15) is 29.3 Å². The highest BCUT2D eigenvalue weighted by molar-refractivity contribution is 7.89. The van der Waals surface area contributed by atoms with Crippen molar-refractivity contribution in [3.05, 3.63) is 71.8 Å². The maximum atomic E-state index is 12.3. The number of methoxy groups -OCH3 is 1. The van der Waals surface area contributed by atoms with Crippen LogP contribution in [0, 0.1) is 0 Å². The Hall–Kier alpha value is -3.23. The van der Waals surface area contributed by atoms with Crippen molar-refractivity contribution < 1.29 is 22.7 Å². The maximum Gasteiger partial charge on any atom is 0.240 e. The summed E-state index contributed by atoms with van der Waals surface area (Å²) >= 11 is 0. The minimum Gasteiger partial charge on any atom is -0.497 e. The lowest BCUT2D eigenvalue weighted by Crippen LogP contribution is -2.30. The van der Waals surface area contributed by atoms with Crippen LogP contribution in [0.5, 0.6) is 5.75 Å². The molecule has 0 atom stereocenters. The molecule has 0 radical (unpaired) electrons. The number of ether oxygens (including phenoxy) is 1. The van der Waals surface area contributed by atoms with Crippen LogP contribution in [-0.2, 0) is 21.4 Å². The van der Waals surface area contributed by atoms with E-state index in [9.17, 15) is 18.0 Å². The first-order valence-electron chi connectivity index (χ1n) is 9.72. The maximum absolute atomic E-state index is 12.3. The molecule has 0 spiro atoms. The van der Waals surface area contributed by atoms with Gasteiger partial charge >= 0.3 is 0 Å². The molecule has 2 N–H and O–H groups in total. The average molecular weight is 441 g/mol. The van der Waals surface area contributed by atoms with E-state index in [1.165, 1.54) is 31.2 Å². The molecule has 0 heterocycles. The van der Waals surface area contributed by atoms with Gasteiger partial charge in [-0.1, -0.05) is 30.3 Å². The average Bonchev–Trinajstić information content (AvgIpc) is 2.77. The number of hydrogen-bond donors (Lipinski definition) is 2. The molecule has 0 fully saturated rings. The summed E-state index contributed by atoms with van der Waals surface area (Å²) in [5.41, 5.74) is 1.38. The minimum absolute atomic E-state index is 0.00946. The largest absolute Gasteiger partial charge is 0.497 e. The Bertz CT molecular complexity index is 1200. The molecule has 0 aliphatic heterocycles. The molecule has 3 rings (SSSR count). The van der Waals surface area contributed by atoms with E-state index in [1.807, 2.05) is 36.4 Å². The fourth-order valence-electron chi connectivity index (χ4n) is 3.05. The molecule has 7 nitrogen and oxygen atoms in total. The number of Topliss-reactive ketones (excluding diaryl/α,β-unsaturated/α-hetero) is 1. The summed E-state index contributed by atoms with van der Waals surface area (Å²) in [6.07, 6.45) is 0.00946. The number of rotatable bonds is 9. The topological polar surface area (TPSA) is 102 Å². The highest BCUT2D eigenvalue weighted by atomic mass is 32.2. The van der Waals surface area contributed by atoms with Gasteiger partial charge in [-0.2, -0.15) is 0 Å². The van der Waals surface area contributed by atoms with Gasteiger partial charge in [-0.15, -0.1) is 0 Å². The number of hydrogen-bond acceptors (Lipinski definition) is 5. The Kier molecular flexibility index (Phi) is 7.04. The number of nitrogens with one attached hydrogen (secondary N) is 2. The second-order valence-corrected chi connectivity index (χ2v) is 8.82. The molecule has 31 heavy (non-hydrogen) atoms. The number of carbonyl (C=O) groups excluding carboxylic acids is 2. The third kappa shape index (κ3) is 5.90. The second-order valence-electron chi connectivity index (χ2n) is 7.05. The first-order valence-corrected chi connectivity index (χ1v) is 11.2. The third-order valence-corrected chi connectivity index (χ3v) is 6.29. The Labute approximate surface area is 181 Å². The molecule has 0 aliphatic carbocycles. The summed E-state index contributed by atoms with van der Waals surface area (Å²) < 4.78 is 32.2. The lowest BCUT2D eigenvalue weighted by atomic mass is 10.1. The van der Waals surface area contributed by atoms with Gasteiger partial charge in [0.15, 0.2) is 5.78 Å². The van der Waals surface area contributed by atoms with Gasteiger partial charge in [-0.3, -0.25) is 9.59 Å². The molecule has 0 unspecified atom stereocenters. The molecule has 0 bridgehead atoms. The number of benzene rings is 3. The van der Waals surface area contributed by atoms with Gasteiger partial charge in [0.1, 0.15) is 5.75 Å². The quantitative estimate of drug-likeness (QED) is 0.498. The van der Waals surface area contributed by atoms with Gasteiger partial charge in [0.05, 0.1) is 12.0 Å². The number of sulfonamides is 1. The van der Waals surface area contributed by atoms with Crippen LogP contribution in [0.25, 0.3) is 10.8 Å². The molecular formula is C23H24N2O5S. The van der Waals surface area contributed by atoms with Crippen molar-refractivity contribution in [2.24, 2.45) is 0 Å². The van der Waals surface area contributed by atoms with E-state index < -0.39 is 10.0 Å². The number of ketones is 1. The lowest BCUT2D eigenvalue weighted by molar-refractivity contribution is -0.121. The molecule has 3 aromatic carbocycles. The predicted molar refractivity (Wildman–Crippen MR) is 119 cm³/mol. The van der Waals surface area contributed by atoms with Crippen LogP contribution in [0.15, 0.2) is 65.6 Å². The van der Waals surface area contributed by atoms with Crippen molar-refractivity contribution in [3.8, 4) is 5.75 Å². The summed E-state index contributed by atoms with van der Waals surface area (Å²) in [6.45, 7) is 1.73. The number of carbonyl (C=O) groups is 2. The van der Waals surface area contributed by atoms with Crippen molar-refractivity contribution in [2.45, 2.75) is 24.8 Å². The molecule has 162 valence electrons. The molecule has 0 saturated heterocycles. The fraction of sp³-hybridized carbons (Fsp3) is 0.217. The molecule has 8 heteroatoms. The highest BCUT2D eigenvalue weighted by Gasteiger charge is 2.14. The second kappa shape index (κ2) is 9.72. The van der Waals surface area contributed by atoms with Crippen molar-refractivity contribution in [1.29, 1.82) is 0 Å². The summed E-state index contributed by atoms with van der Waals surface area (Å²) in [5, 5.41) is 4.88. The Morgan fingerprint density at radius 1 is 0.935 bits per heavy atom. The fourth-order valence-corrected chi connectivity index (χ4v) is 4.08. The SMILES string of the molecule is COc1ccc2cc(CNC(=O)CCNS(=O)(=O)c3ccc(C(C)=O)cc3)ccc2c1. The Morgan fingerprint density at radius 2 is 1.61 bits per heavy atom. The normalized spacial score (nSPS) is 11.3. The summed E-state index contributed by atoms with van der Waals surface area (Å²) in [4.78, 5) is 23.4. The van der Waals surface area contributed by atoms with E-state index in [4.69, 9.17) is 4.74 Å². The molecule has 1 amide bonds. The van der Waals surface area contributed by atoms with Gasteiger partial charge in [0.25, 0.3) is 0 Å². The molecular weight excluding hydrogens is 416 g/mol. The van der Waals surface area contributed by atoms with Crippen molar-refractivity contribution in [2.75, 3.05) is 13.7 Å². The molecule has 0 aromatic heterocycles. The van der Waals surface area contributed by atoms with Gasteiger partial charge in [-0.25, -0.2) is 13.1 Å². The Balaban J connectivity index is 1.49. The van der Waals surface area contributed by atoms with Gasteiger partial charge < -0.3 is 10.1 Å². The van der Waals surface area contributed by atoms with Crippen molar-refractivity contribution in [3.63, 3.8) is 0 Å². The van der Waals surface area contributed by atoms with Crippen LogP contribution in [0.4, 0.5) is 0 Å². The summed E-state index contributed by atoms with van der Waals surface area (Å²) in [7, 11) is -2.13. The molecule has 3 aromatic rings. The summed E-state index contributed by atoms with van der Waals surface area (Å²) in [6, 6.07) is 17.3. The van der Waals surface area contributed by atoms with Crippen LogP contribution in [0.3, 0.4) is 0 Å². The third-order valence-electron chi connectivity index (χ3n) is 4.82. The van der Waals surface area contributed by atoms with E-state index in [2.05, 4.69) is 10.0 Å². The Morgan fingerprint density at radius 3 is 2.29 bits per heavy atom. The van der Waals surface area contributed by atoms with Crippen molar-refractivity contribution >= 4 is 32.5 Å². The van der Waals surface area contributed by atoms with E-state index in [-0.39, 0.29) is 29.6 Å². The van der Waals surface area contributed by atoms with Gasteiger partial charge in [0, 0.05) is 25.1 Å². The predicted octanol–water partition coefficient (Wildman–Crippen LogP) is 3.04. The molecule has 0 saturated carbocycles. The minimum atomic E-state index is -3.75. The number of fused-ring (bicyclic) bond motifs is 1. The van der Waals surface area contributed by atoms with Crippen LogP contribution >= 0.6 is 0 Å².